The Kier molecular flexibility index (Phi) is 8.56. The summed E-state index contributed by atoms with van der Waals surface area (Å²) >= 11 is 11.0. The number of halogens is 3. The van der Waals surface area contributed by atoms with Crippen molar-refractivity contribution in [3.63, 3.8) is 0 Å². The third-order valence-electron chi connectivity index (χ3n) is 2.88. The molecule has 0 aromatic rings. The second-order valence-corrected chi connectivity index (χ2v) is 5.68. The summed E-state index contributed by atoms with van der Waals surface area (Å²) in [5.74, 6) is -0.112. The van der Waals surface area contributed by atoms with Gasteiger partial charge in [0.1, 0.15) is 6.10 Å². The van der Waals surface area contributed by atoms with Crippen molar-refractivity contribution in [1.82, 2.24) is 4.90 Å². The first-order chi connectivity index (χ1) is 7.50. The molecule has 0 bridgehead atoms. The average molecular weight is 305 g/mol. The summed E-state index contributed by atoms with van der Waals surface area (Å²) in [6, 6.07) is 0. The second-order valence-electron chi connectivity index (χ2n) is 4.58. The van der Waals surface area contributed by atoms with Crippen LogP contribution in [-0.2, 0) is 9.53 Å². The molecular formula is C11H20Cl3NO2. The lowest BCUT2D eigenvalue weighted by atomic mass is 9.86. The topological polar surface area (TPSA) is 29.5 Å². The van der Waals surface area contributed by atoms with Gasteiger partial charge in [0.2, 0.25) is 4.84 Å². The molecule has 17 heavy (non-hydrogen) atoms. The van der Waals surface area contributed by atoms with E-state index in [1.54, 1.807) is 0 Å². The van der Waals surface area contributed by atoms with E-state index in [0.29, 0.717) is 5.92 Å². The SMILES string of the molecule is CN(C)CC1CCCCC1OC(=O)C(Cl)Cl.Cl. The van der Waals surface area contributed by atoms with Crippen LogP contribution in [0.15, 0.2) is 0 Å². The maximum absolute atomic E-state index is 11.3. The van der Waals surface area contributed by atoms with E-state index in [0.717, 1.165) is 25.8 Å². The van der Waals surface area contributed by atoms with Gasteiger partial charge in [0, 0.05) is 12.5 Å². The highest BCUT2D eigenvalue weighted by Crippen LogP contribution is 2.28. The average Bonchev–Trinajstić information content (AvgIpc) is 2.20. The van der Waals surface area contributed by atoms with Crippen LogP contribution < -0.4 is 0 Å². The number of ether oxygens (including phenoxy) is 1. The fourth-order valence-electron chi connectivity index (χ4n) is 2.21. The van der Waals surface area contributed by atoms with Crippen LogP contribution >= 0.6 is 35.6 Å². The van der Waals surface area contributed by atoms with E-state index in [2.05, 4.69) is 4.90 Å². The van der Waals surface area contributed by atoms with Gasteiger partial charge in [-0.15, -0.1) is 12.4 Å². The van der Waals surface area contributed by atoms with E-state index in [4.69, 9.17) is 27.9 Å². The smallest absolute Gasteiger partial charge is 0.339 e. The molecule has 1 fully saturated rings. The minimum atomic E-state index is -1.07. The molecule has 0 saturated heterocycles. The number of hydrogen-bond donors (Lipinski definition) is 0. The van der Waals surface area contributed by atoms with Crippen LogP contribution in [0.2, 0.25) is 0 Å². The molecule has 1 saturated carbocycles. The lowest BCUT2D eigenvalue weighted by Gasteiger charge is -2.33. The van der Waals surface area contributed by atoms with Crippen molar-refractivity contribution in [2.45, 2.75) is 36.6 Å². The standard InChI is InChI=1S/C11H19Cl2NO2.ClH/c1-14(2)7-8-5-3-4-6-9(8)16-11(15)10(12)13;/h8-10H,3-7H2,1-2H3;1H. The zero-order valence-electron chi connectivity index (χ0n) is 10.2. The number of carbonyl (C=O) groups excluding carboxylic acids is 1. The van der Waals surface area contributed by atoms with Gasteiger partial charge in [0.15, 0.2) is 0 Å². The van der Waals surface area contributed by atoms with Crippen molar-refractivity contribution in [2.24, 2.45) is 5.92 Å². The summed E-state index contributed by atoms with van der Waals surface area (Å²) in [6.45, 7) is 0.938. The van der Waals surface area contributed by atoms with Crippen LogP contribution in [0.1, 0.15) is 25.7 Å². The molecule has 6 heteroatoms. The number of alkyl halides is 2. The van der Waals surface area contributed by atoms with Crippen molar-refractivity contribution >= 4 is 41.6 Å². The summed E-state index contributed by atoms with van der Waals surface area (Å²) in [5, 5.41) is 0. The van der Waals surface area contributed by atoms with Gasteiger partial charge in [-0.05, 0) is 33.4 Å². The summed E-state index contributed by atoms with van der Waals surface area (Å²) < 4.78 is 5.34. The van der Waals surface area contributed by atoms with E-state index in [9.17, 15) is 4.79 Å². The van der Waals surface area contributed by atoms with Gasteiger partial charge in [-0.2, -0.15) is 0 Å². The highest BCUT2D eigenvalue weighted by molar-refractivity contribution is 6.52. The van der Waals surface area contributed by atoms with E-state index in [1.165, 1.54) is 6.42 Å². The molecular weight excluding hydrogens is 284 g/mol. The minimum absolute atomic E-state index is 0. The molecule has 0 heterocycles. The maximum Gasteiger partial charge on any atom is 0.339 e. The van der Waals surface area contributed by atoms with Crippen molar-refractivity contribution < 1.29 is 9.53 Å². The Morgan fingerprint density at radius 1 is 1.35 bits per heavy atom. The zero-order valence-corrected chi connectivity index (χ0v) is 12.5. The second kappa shape index (κ2) is 8.41. The maximum atomic E-state index is 11.3. The van der Waals surface area contributed by atoms with Crippen molar-refractivity contribution in [2.75, 3.05) is 20.6 Å². The number of esters is 1. The van der Waals surface area contributed by atoms with Crippen molar-refractivity contribution in [3.05, 3.63) is 0 Å². The molecule has 0 aliphatic heterocycles. The predicted molar refractivity (Wildman–Crippen MR) is 73.1 cm³/mol. The molecule has 2 atom stereocenters. The fourth-order valence-corrected chi connectivity index (χ4v) is 2.31. The number of carbonyl (C=O) groups is 1. The highest BCUT2D eigenvalue weighted by Gasteiger charge is 2.30. The van der Waals surface area contributed by atoms with E-state index >= 15 is 0 Å². The van der Waals surface area contributed by atoms with E-state index in [-0.39, 0.29) is 18.5 Å². The highest BCUT2D eigenvalue weighted by atomic mass is 35.5. The molecule has 0 spiro atoms. The quantitative estimate of drug-likeness (QED) is 0.591. The third-order valence-corrected chi connectivity index (χ3v) is 3.24. The molecule has 2 unspecified atom stereocenters. The molecule has 0 N–H and O–H groups in total. The normalized spacial score (nSPS) is 24.6. The van der Waals surface area contributed by atoms with Gasteiger partial charge in [0.05, 0.1) is 0 Å². The summed E-state index contributed by atoms with van der Waals surface area (Å²) in [4.78, 5) is 12.4. The Balaban J connectivity index is 0.00000256. The Morgan fingerprint density at radius 2 is 1.94 bits per heavy atom. The first kappa shape index (κ1) is 17.3. The molecule has 0 aromatic carbocycles. The van der Waals surface area contributed by atoms with Crippen LogP contribution in [0.25, 0.3) is 0 Å². The van der Waals surface area contributed by atoms with Gasteiger partial charge in [-0.25, -0.2) is 4.79 Å². The van der Waals surface area contributed by atoms with E-state index in [1.807, 2.05) is 14.1 Å². The molecule has 0 radical (unpaired) electrons. The minimum Gasteiger partial charge on any atom is -0.460 e. The number of rotatable bonds is 4. The first-order valence-electron chi connectivity index (χ1n) is 5.64. The van der Waals surface area contributed by atoms with Crippen LogP contribution in [0.5, 0.6) is 0 Å². The third kappa shape index (κ3) is 6.14. The Bertz CT molecular complexity index is 237. The lowest BCUT2D eigenvalue weighted by molar-refractivity contribution is -0.151. The Morgan fingerprint density at radius 3 is 2.47 bits per heavy atom. The predicted octanol–water partition coefficient (Wildman–Crippen LogP) is 2.88. The van der Waals surface area contributed by atoms with Crippen LogP contribution in [-0.4, -0.2) is 42.4 Å². The van der Waals surface area contributed by atoms with Gasteiger partial charge >= 0.3 is 5.97 Å². The fraction of sp³-hybridized carbons (Fsp3) is 0.909. The molecule has 1 aliphatic rings. The Hall–Kier alpha value is 0.300. The van der Waals surface area contributed by atoms with Gasteiger partial charge in [-0.3, -0.25) is 0 Å². The van der Waals surface area contributed by atoms with Gasteiger partial charge in [-0.1, -0.05) is 29.6 Å². The van der Waals surface area contributed by atoms with Crippen molar-refractivity contribution in [3.8, 4) is 0 Å². The molecule has 1 aliphatic carbocycles. The molecule has 0 aromatic heterocycles. The van der Waals surface area contributed by atoms with Crippen LogP contribution in [0.4, 0.5) is 0 Å². The van der Waals surface area contributed by atoms with Crippen LogP contribution in [0.3, 0.4) is 0 Å². The molecule has 3 nitrogen and oxygen atoms in total. The van der Waals surface area contributed by atoms with Gasteiger partial charge in [0.25, 0.3) is 0 Å². The molecule has 0 amide bonds. The van der Waals surface area contributed by atoms with Crippen molar-refractivity contribution in [1.29, 1.82) is 0 Å². The van der Waals surface area contributed by atoms with Crippen LogP contribution in [0, 0.1) is 5.92 Å². The number of nitrogens with zero attached hydrogens (tertiary/aromatic N) is 1. The Labute approximate surface area is 119 Å². The van der Waals surface area contributed by atoms with E-state index < -0.39 is 10.8 Å². The van der Waals surface area contributed by atoms with Gasteiger partial charge < -0.3 is 9.64 Å². The number of hydrogen-bond acceptors (Lipinski definition) is 3. The summed E-state index contributed by atoms with van der Waals surface area (Å²) in [5.41, 5.74) is 0. The largest absolute Gasteiger partial charge is 0.460 e. The molecule has 1 rings (SSSR count). The first-order valence-corrected chi connectivity index (χ1v) is 6.51. The summed E-state index contributed by atoms with van der Waals surface area (Å²) in [6.07, 6.45) is 4.31. The monoisotopic (exact) mass is 303 g/mol. The summed E-state index contributed by atoms with van der Waals surface area (Å²) in [7, 11) is 4.05. The zero-order chi connectivity index (χ0) is 12.1. The molecule has 102 valence electrons. The lowest BCUT2D eigenvalue weighted by Crippen LogP contribution is -2.37.